The van der Waals surface area contributed by atoms with Crippen LogP contribution in [0, 0.1) is 11.3 Å². The summed E-state index contributed by atoms with van der Waals surface area (Å²) in [5, 5.41) is 18.1. The maximum absolute atomic E-state index is 8.66. The Balaban J connectivity index is 1.81. The molecule has 76 valence electrons. The average molecular weight is 234 g/mol. The van der Waals surface area contributed by atoms with Crippen LogP contribution >= 0.6 is 22.7 Å². The molecule has 0 amide bonds. The van der Waals surface area contributed by atoms with E-state index in [1.807, 2.05) is 11.4 Å². The molecule has 0 radical (unpaired) electrons. The van der Waals surface area contributed by atoms with Gasteiger partial charge in [-0.15, -0.1) is 11.3 Å². The molecule has 2 nitrogen and oxygen atoms in total. The van der Waals surface area contributed by atoms with Crippen molar-refractivity contribution in [3.8, 4) is 6.07 Å². The molecule has 0 atom stereocenters. The lowest BCUT2D eigenvalue weighted by atomic mass is 10.3. The molecule has 0 fully saturated rings. The van der Waals surface area contributed by atoms with Gasteiger partial charge in [0.1, 0.15) is 6.07 Å². The molecule has 0 aliphatic heterocycles. The standard InChI is InChI=1S/C11H10N2S2/c12-4-10-3-11(15-8-10)6-13-5-9-1-2-14-7-9/h1-3,7-8,13H,5-6H2. The van der Waals surface area contributed by atoms with Crippen molar-refractivity contribution in [3.05, 3.63) is 44.3 Å². The van der Waals surface area contributed by atoms with Gasteiger partial charge in [0.2, 0.25) is 0 Å². The molecule has 0 saturated heterocycles. The highest BCUT2D eigenvalue weighted by Crippen LogP contribution is 2.13. The molecule has 0 bridgehead atoms. The average Bonchev–Trinajstić information content (AvgIpc) is 2.88. The number of hydrogen-bond donors (Lipinski definition) is 1. The lowest BCUT2D eigenvalue weighted by Crippen LogP contribution is -2.10. The molecule has 2 heterocycles. The summed E-state index contributed by atoms with van der Waals surface area (Å²) in [5.74, 6) is 0. The summed E-state index contributed by atoms with van der Waals surface area (Å²) >= 11 is 3.34. The molecule has 4 heteroatoms. The zero-order chi connectivity index (χ0) is 10.5. The Hall–Kier alpha value is -1.15. The summed E-state index contributed by atoms with van der Waals surface area (Å²) in [6.45, 7) is 1.73. The monoisotopic (exact) mass is 234 g/mol. The highest BCUT2D eigenvalue weighted by Gasteiger charge is 1.98. The van der Waals surface area contributed by atoms with E-state index in [1.165, 1.54) is 10.4 Å². The van der Waals surface area contributed by atoms with Gasteiger partial charge in [-0.1, -0.05) is 0 Å². The van der Waals surface area contributed by atoms with E-state index in [1.54, 1.807) is 22.7 Å². The van der Waals surface area contributed by atoms with Crippen molar-refractivity contribution < 1.29 is 0 Å². The molecule has 0 aliphatic carbocycles. The summed E-state index contributed by atoms with van der Waals surface area (Å²) in [6.07, 6.45) is 0. The third-order valence-electron chi connectivity index (χ3n) is 1.99. The van der Waals surface area contributed by atoms with E-state index in [-0.39, 0.29) is 0 Å². The van der Waals surface area contributed by atoms with Gasteiger partial charge in [0, 0.05) is 23.3 Å². The Labute approximate surface area is 96.8 Å². The smallest absolute Gasteiger partial charge is 0.100 e. The lowest BCUT2D eigenvalue weighted by Gasteiger charge is -1.99. The third-order valence-corrected chi connectivity index (χ3v) is 3.66. The maximum atomic E-state index is 8.66. The van der Waals surface area contributed by atoms with E-state index in [4.69, 9.17) is 5.26 Å². The Kier molecular flexibility index (Phi) is 3.51. The molecule has 0 aliphatic rings. The highest BCUT2D eigenvalue weighted by atomic mass is 32.1. The Bertz CT molecular complexity index is 451. The number of nitrogens with zero attached hydrogens (tertiary/aromatic N) is 1. The van der Waals surface area contributed by atoms with E-state index in [2.05, 4.69) is 28.2 Å². The molecule has 0 saturated carbocycles. The largest absolute Gasteiger partial charge is 0.308 e. The van der Waals surface area contributed by atoms with Gasteiger partial charge in [0.05, 0.1) is 5.56 Å². The summed E-state index contributed by atoms with van der Waals surface area (Å²) in [4.78, 5) is 1.21. The molecule has 0 unspecified atom stereocenters. The molecule has 0 spiro atoms. The van der Waals surface area contributed by atoms with Gasteiger partial charge in [-0.05, 0) is 28.5 Å². The first-order valence-corrected chi connectivity index (χ1v) is 6.40. The summed E-state index contributed by atoms with van der Waals surface area (Å²) < 4.78 is 0. The second-order valence-electron chi connectivity index (χ2n) is 3.15. The van der Waals surface area contributed by atoms with E-state index in [0.717, 1.165) is 18.7 Å². The van der Waals surface area contributed by atoms with Crippen LogP contribution in [0.15, 0.2) is 28.3 Å². The van der Waals surface area contributed by atoms with Gasteiger partial charge in [-0.3, -0.25) is 0 Å². The van der Waals surface area contributed by atoms with Crippen molar-refractivity contribution in [2.45, 2.75) is 13.1 Å². The molecule has 15 heavy (non-hydrogen) atoms. The predicted octanol–water partition coefficient (Wildman–Crippen LogP) is 2.97. The number of thiophene rings is 2. The molecule has 1 N–H and O–H groups in total. The van der Waals surface area contributed by atoms with Crippen LogP contribution in [0.1, 0.15) is 16.0 Å². The van der Waals surface area contributed by atoms with Crippen molar-refractivity contribution in [3.63, 3.8) is 0 Å². The maximum Gasteiger partial charge on any atom is 0.100 e. The Morgan fingerprint density at radius 1 is 1.33 bits per heavy atom. The van der Waals surface area contributed by atoms with Crippen molar-refractivity contribution in [1.82, 2.24) is 5.32 Å². The quantitative estimate of drug-likeness (QED) is 0.882. The molecular weight excluding hydrogens is 224 g/mol. The number of nitriles is 1. The molecule has 0 aromatic carbocycles. The second kappa shape index (κ2) is 5.08. The molecule has 2 aromatic heterocycles. The van der Waals surface area contributed by atoms with Crippen molar-refractivity contribution in [1.29, 1.82) is 5.26 Å². The number of nitrogens with one attached hydrogen (secondary N) is 1. The van der Waals surface area contributed by atoms with Crippen LogP contribution < -0.4 is 5.32 Å². The minimum Gasteiger partial charge on any atom is -0.308 e. The van der Waals surface area contributed by atoms with Gasteiger partial charge >= 0.3 is 0 Å². The summed E-state index contributed by atoms with van der Waals surface area (Å²) in [7, 11) is 0. The third kappa shape index (κ3) is 2.90. The van der Waals surface area contributed by atoms with Gasteiger partial charge in [-0.2, -0.15) is 16.6 Å². The van der Waals surface area contributed by atoms with Gasteiger partial charge in [-0.25, -0.2) is 0 Å². The highest BCUT2D eigenvalue weighted by molar-refractivity contribution is 7.10. The van der Waals surface area contributed by atoms with Crippen molar-refractivity contribution >= 4 is 22.7 Å². The van der Waals surface area contributed by atoms with Gasteiger partial charge < -0.3 is 5.32 Å². The predicted molar refractivity (Wildman–Crippen MR) is 63.9 cm³/mol. The van der Waals surface area contributed by atoms with E-state index in [0.29, 0.717) is 0 Å². The van der Waals surface area contributed by atoms with Gasteiger partial charge in [0.15, 0.2) is 0 Å². The first-order chi connectivity index (χ1) is 7.38. The van der Waals surface area contributed by atoms with Crippen molar-refractivity contribution in [2.75, 3.05) is 0 Å². The number of rotatable bonds is 4. The fourth-order valence-corrected chi connectivity index (χ4v) is 2.70. The van der Waals surface area contributed by atoms with Crippen LogP contribution in [0.25, 0.3) is 0 Å². The van der Waals surface area contributed by atoms with Crippen LogP contribution in [-0.4, -0.2) is 0 Å². The van der Waals surface area contributed by atoms with Gasteiger partial charge in [0.25, 0.3) is 0 Å². The molecule has 2 rings (SSSR count). The normalized spacial score (nSPS) is 10.1. The van der Waals surface area contributed by atoms with Crippen LogP contribution in [0.5, 0.6) is 0 Å². The molecule has 2 aromatic rings. The first-order valence-electron chi connectivity index (χ1n) is 4.58. The van der Waals surface area contributed by atoms with E-state index >= 15 is 0 Å². The van der Waals surface area contributed by atoms with Crippen LogP contribution in [0.2, 0.25) is 0 Å². The summed E-state index contributed by atoms with van der Waals surface area (Å²) in [6, 6.07) is 6.19. The minimum atomic E-state index is 0.757. The fourth-order valence-electron chi connectivity index (χ4n) is 1.26. The van der Waals surface area contributed by atoms with E-state index in [9.17, 15) is 0 Å². The number of hydrogen-bond acceptors (Lipinski definition) is 4. The Morgan fingerprint density at radius 3 is 2.93 bits per heavy atom. The summed E-state index contributed by atoms with van der Waals surface area (Å²) in [5.41, 5.74) is 2.07. The van der Waals surface area contributed by atoms with Crippen molar-refractivity contribution in [2.24, 2.45) is 0 Å². The van der Waals surface area contributed by atoms with Crippen LogP contribution in [0.3, 0.4) is 0 Å². The minimum absolute atomic E-state index is 0.757. The second-order valence-corrected chi connectivity index (χ2v) is 4.92. The molecular formula is C11H10N2S2. The Morgan fingerprint density at radius 2 is 2.27 bits per heavy atom. The SMILES string of the molecule is N#Cc1csc(CNCc2ccsc2)c1. The van der Waals surface area contributed by atoms with E-state index < -0.39 is 0 Å². The van der Waals surface area contributed by atoms with Crippen LogP contribution in [-0.2, 0) is 13.1 Å². The first kappa shape index (κ1) is 10.4. The topological polar surface area (TPSA) is 35.8 Å². The zero-order valence-electron chi connectivity index (χ0n) is 8.06. The lowest BCUT2D eigenvalue weighted by molar-refractivity contribution is 0.702. The fraction of sp³-hybridized carbons (Fsp3) is 0.182. The van der Waals surface area contributed by atoms with Crippen LogP contribution in [0.4, 0.5) is 0 Å². The zero-order valence-corrected chi connectivity index (χ0v) is 9.70.